The second kappa shape index (κ2) is 11.0. The summed E-state index contributed by atoms with van der Waals surface area (Å²) < 4.78 is 1.22. The third kappa shape index (κ3) is 4.19. The van der Waals surface area contributed by atoms with Crippen molar-refractivity contribution in [1.29, 1.82) is 0 Å². The highest BCUT2D eigenvalue weighted by Gasteiger charge is 2.36. The standard InChI is InChI=1S/C50H33NS/c1-50(2)43-20-10-9-17-36(43)39-28-41-42(29-44(39)50)48(40-27-32-13-3-4-14-33(32)34-15-5-6-16-35(34)40)38-19-8-7-18-37(38)47(41)30-23-25-31(26-24-30)49-51-45-21-11-12-22-46(45)52-49/h3-29H,1-2H3. The van der Waals surface area contributed by atoms with E-state index in [1.165, 1.54) is 92.3 Å². The maximum Gasteiger partial charge on any atom is 0.124 e. The van der Waals surface area contributed by atoms with Gasteiger partial charge in [-0.05, 0) is 118 Å². The average molecular weight is 680 g/mol. The Hall–Kier alpha value is -6.09. The second-order valence-electron chi connectivity index (χ2n) is 14.7. The van der Waals surface area contributed by atoms with Gasteiger partial charge in [-0.3, -0.25) is 0 Å². The largest absolute Gasteiger partial charge is 0.236 e. The Balaban J connectivity index is 1.26. The van der Waals surface area contributed by atoms with Crippen molar-refractivity contribution in [2.24, 2.45) is 0 Å². The molecule has 1 aromatic heterocycles. The van der Waals surface area contributed by atoms with Crippen molar-refractivity contribution in [3.05, 3.63) is 175 Å². The summed E-state index contributed by atoms with van der Waals surface area (Å²) in [6, 6.07) is 60.8. The molecule has 1 heterocycles. The molecule has 10 aromatic rings. The van der Waals surface area contributed by atoms with Crippen LogP contribution in [-0.2, 0) is 5.41 Å². The summed E-state index contributed by atoms with van der Waals surface area (Å²) in [6.45, 7) is 4.77. The Kier molecular flexibility index (Phi) is 6.24. The van der Waals surface area contributed by atoms with Gasteiger partial charge in [0, 0.05) is 11.0 Å². The number of rotatable bonds is 3. The van der Waals surface area contributed by atoms with Gasteiger partial charge < -0.3 is 0 Å². The number of hydrogen-bond donors (Lipinski definition) is 0. The molecule has 11 rings (SSSR count). The van der Waals surface area contributed by atoms with Crippen LogP contribution in [0.25, 0.3) is 97.3 Å². The number of nitrogens with zero attached hydrogens (tertiary/aromatic N) is 1. The summed E-state index contributed by atoms with van der Waals surface area (Å²) >= 11 is 1.75. The maximum atomic E-state index is 4.97. The molecule has 0 bridgehead atoms. The summed E-state index contributed by atoms with van der Waals surface area (Å²) in [5.74, 6) is 0. The van der Waals surface area contributed by atoms with Crippen molar-refractivity contribution in [1.82, 2.24) is 4.98 Å². The van der Waals surface area contributed by atoms with E-state index in [9.17, 15) is 0 Å². The Bertz CT molecular complexity index is 3060. The fourth-order valence-corrected chi connectivity index (χ4v) is 9.98. The molecule has 0 saturated carbocycles. The average Bonchev–Trinajstić information content (AvgIpc) is 3.72. The van der Waals surface area contributed by atoms with E-state index < -0.39 is 0 Å². The third-order valence-corrected chi connectivity index (χ3v) is 12.6. The lowest BCUT2D eigenvalue weighted by Crippen LogP contribution is -2.14. The van der Waals surface area contributed by atoms with E-state index >= 15 is 0 Å². The Morgan fingerprint density at radius 2 is 1.04 bits per heavy atom. The molecule has 1 aliphatic rings. The first-order valence-corrected chi connectivity index (χ1v) is 18.9. The predicted molar refractivity (Wildman–Crippen MR) is 224 cm³/mol. The van der Waals surface area contributed by atoms with Crippen LogP contribution in [0.15, 0.2) is 164 Å². The van der Waals surface area contributed by atoms with E-state index in [1.54, 1.807) is 11.3 Å². The molecule has 0 fully saturated rings. The fraction of sp³-hybridized carbons (Fsp3) is 0.0600. The third-order valence-electron chi connectivity index (χ3n) is 11.5. The highest BCUT2D eigenvalue weighted by Crippen LogP contribution is 2.54. The first-order chi connectivity index (χ1) is 25.5. The van der Waals surface area contributed by atoms with E-state index in [-0.39, 0.29) is 5.41 Å². The lowest BCUT2D eigenvalue weighted by molar-refractivity contribution is 0.661. The van der Waals surface area contributed by atoms with Crippen LogP contribution in [0.1, 0.15) is 25.0 Å². The monoisotopic (exact) mass is 679 g/mol. The minimum Gasteiger partial charge on any atom is -0.236 e. The Morgan fingerprint density at radius 1 is 0.423 bits per heavy atom. The van der Waals surface area contributed by atoms with Crippen molar-refractivity contribution in [2.45, 2.75) is 19.3 Å². The van der Waals surface area contributed by atoms with Gasteiger partial charge in [0.15, 0.2) is 0 Å². The van der Waals surface area contributed by atoms with Crippen LogP contribution in [-0.4, -0.2) is 4.98 Å². The van der Waals surface area contributed by atoms with Crippen LogP contribution in [0.5, 0.6) is 0 Å². The minimum absolute atomic E-state index is 0.118. The van der Waals surface area contributed by atoms with Crippen LogP contribution < -0.4 is 0 Å². The molecule has 244 valence electrons. The second-order valence-corrected chi connectivity index (χ2v) is 15.7. The summed E-state index contributed by atoms with van der Waals surface area (Å²) in [5.41, 5.74) is 12.6. The van der Waals surface area contributed by atoms with Crippen molar-refractivity contribution < 1.29 is 0 Å². The zero-order valence-corrected chi connectivity index (χ0v) is 29.8. The topological polar surface area (TPSA) is 12.9 Å². The maximum absolute atomic E-state index is 4.97. The lowest BCUT2D eigenvalue weighted by atomic mass is 9.79. The highest BCUT2D eigenvalue weighted by molar-refractivity contribution is 7.21. The fourth-order valence-electron chi connectivity index (χ4n) is 9.01. The van der Waals surface area contributed by atoms with Gasteiger partial charge in [0.05, 0.1) is 10.2 Å². The van der Waals surface area contributed by atoms with Crippen molar-refractivity contribution in [2.75, 3.05) is 0 Å². The molecule has 0 aliphatic heterocycles. The Morgan fingerprint density at radius 3 is 1.85 bits per heavy atom. The number of aromatic nitrogens is 1. The minimum atomic E-state index is -0.118. The Labute approximate surface area is 306 Å². The molecule has 0 saturated heterocycles. The number of fused-ring (bicyclic) bond motifs is 9. The van der Waals surface area contributed by atoms with E-state index in [0.717, 1.165) is 16.1 Å². The van der Waals surface area contributed by atoms with Gasteiger partial charge in [0.2, 0.25) is 0 Å². The molecule has 1 nitrogen and oxygen atoms in total. The zero-order chi connectivity index (χ0) is 34.6. The molecule has 0 unspecified atom stereocenters. The molecular formula is C50H33NS. The van der Waals surface area contributed by atoms with Gasteiger partial charge >= 0.3 is 0 Å². The SMILES string of the molecule is CC1(C)c2ccccc2-c2cc3c(-c4ccc(-c5nc6ccccc6s5)cc4)c4ccccc4c(-c4cc5ccccc5c5ccccc45)c3cc21. The van der Waals surface area contributed by atoms with Gasteiger partial charge in [-0.1, -0.05) is 147 Å². The summed E-state index contributed by atoms with van der Waals surface area (Å²) in [5, 5.41) is 11.3. The molecule has 0 radical (unpaired) electrons. The van der Waals surface area contributed by atoms with E-state index in [4.69, 9.17) is 4.98 Å². The van der Waals surface area contributed by atoms with E-state index in [1.807, 2.05) is 0 Å². The smallest absolute Gasteiger partial charge is 0.124 e. The molecule has 0 amide bonds. The van der Waals surface area contributed by atoms with Gasteiger partial charge in [-0.25, -0.2) is 4.98 Å². The summed E-state index contributed by atoms with van der Waals surface area (Å²) in [6.07, 6.45) is 0. The normalized spacial score (nSPS) is 13.3. The molecular weight excluding hydrogens is 647 g/mol. The molecule has 1 aliphatic carbocycles. The molecule has 0 atom stereocenters. The van der Waals surface area contributed by atoms with Gasteiger partial charge in [-0.2, -0.15) is 0 Å². The number of para-hydroxylation sites is 1. The van der Waals surface area contributed by atoms with Crippen LogP contribution in [0.4, 0.5) is 0 Å². The first-order valence-electron chi connectivity index (χ1n) is 18.0. The van der Waals surface area contributed by atoms with Crippen molar-refractivity contribution in [3.8, 4) is 44.0 Å². The first kappa shape index (κ1) is 29.6. The van der Waals surface area contributed by atoms with Gasteiger partial charge in [-0.15, -0.1) is 11.3 Å². The lowest BCUT2D eigenvalue weighted by Gasteiger charge is -2.24. The highest BCUT2D eigenvalue weighted by atomic mass is 32.1. The van der Waals surface area contributed by atoms with E-state index in [0.29, 0.717) is 0 Å². The predicted octanol–water partition coefficient (Wildman–Crippen LogP) is 14.2. The number of hydrogen-bond acceptors (Lipinski definition) is 2. The summed E-state index contributed by atoms with van der Waals surface area (Å²) in [7, 11) is 0. The van der Waals surface area contributed by atoms with Crippen LogP contribution in [0.3, 0.4) is 0 Å². The number of thiazole rings is 1. The molecule has 0 N–H and O–H groups in total. The molecule has 9 aromatic carbocycles. The number of benzene rings is 9. The van der Waals surface area contributed by atoms with Gasteiger partial charge in [0.25, 0.3) is 0 Å². The van der Waals surface area contributed by atoms with Crippen LogP contribution >= 0.6 is 11.3 Å². The van der Waals surface area contributed by atoms with Crippen LogP contribution in [0, 0.1) is 0 Å². The molecule has 2 heteroatoms. The van der Waals surface area contributed by atoms with Crippen molar-refractivity contribution >= 4 is 64.6 Å². The quantitative estimate of drug-likeness (QED) is 0.134. The zero-order valence-electron chi connectivity index (χ0n) is 28.9. The molecule has 0 spiro atoms. The van der Waals surface area contributed by atoms with Gasteiger partial charge in [0.1, 0.15) is 5.01 Å². The molecule has 52 heavy (non-hydrogen) atoms. The van der Waals surface area contributed by atoms with Crippen LogP contribution in [0.2, 0.25) is 0 Å². The van der Waals surface area contributed by atoms with Crippen molar-refractivity contribution in [3.63, 3.8) is 0 Å². The summed E-state index contributed by atoms with van der Waals surface area (Å²) in [4.78, 5) is 4.97. The van der Waals surface area contributed by atoms with E-state index in [2.05, 4.69) is 178 Å².